The first-order chi connectivity index (χ1) is 11.9. The summed E-state index contributed by atoms with van der Waals surface area (Å²) < 4.78 is 1.03. The number of hydrogen-bond acceptors (Lipinski definition) is 7. The number of nitrogens with two attached hydrogens (primary N) is 1. The average Bonchev–Trinajstić information content (AvgIpc) is 2.57. The molecule has 3 aromatic rings. The van der Waals surface area contributed by atoms with Crippen molar-refractivity contribution in [3.05, 3.63) is 56.5 Å². The van der Waals surface area contributed by atoms with E-state index in [1.807, 2.05) is 24.3 Å². The van der Waals surface area contributed by atoms with E-state index in [9.17, 15) is 14.4 Å². The lowest BCUT2D eigenvalue weighted by Gasteiger charge is -2.08. The van der Waals surface area contributed by atoms with Crippen LogP contribution in [0, 0.1) is 6.92 Å². The number of carbonyl (C=O) groups excluding carboxylic acids is 1. The second-order valence-electron chi connectivity index (χ2n) is 5.38. The number of carbonyl (C=O) groups is 1. The van der Waals surface area contributed by atoms with Gasteiger partial charge in [0.05, 0.1) is 11.3 Å². The third-order valence-electron chi connectivity index (χ3n) is 3.67. The first-order valence-corrected chi connectivity index (χ1v) is 8.35. The van der Waals surface area contributed by atoms with E-state index in [4.69, 9.17) is 5.73 Å². The monoisotopic (exact) mass is 357 g/mol. The van der Waals surface area contributed by atoms with Gasteiger partial charge in [0.25, 0.3) is 5.56 Å². The quantitative estimate of drug-likeness (QED) is 0.403. The number of nitrogens with one attached hydrogen (secondary N) is 1. The lowest BCUT2D eigenvalue weighted by molar-refractivity contribution is 0.102. The zero-order chi connectivity index (χ0) is 18.1. The summed E-state index contributed by atoms with van der Waals surface area (Å²) in [5.41, 5.74) is 4.87. The Kier molecular flexibility index (Phi) is 4.41. The van der Waals surface area contributed by atoms with E-state index >= 15 is 0 Å². The van der Waals surface area contributed by atoms with Crippen LogP contribution in [-0.4, -0.2) is 31.1 Å². The Labute approximate surface area is 146 Å². The number of anilines is 1. The highest BCUT2D eigenvalue weighted by atomic mass is 32.2. The number of rotatable bonds is 4. The summed E-state index contributed by atoms with van der Waals surface area (Å²) in [6.07, 6.45) is 0. The Hall–Kier alpha value is -2.94. The molecule has 0 aliphatic rings. The fourth-order valence-corrected chi connectivity index (χ4v) is 3.32. The van der Waals surface area contributed by atoms with Gasteiger partial charge < -0.3 is 5.73 Å². The third kappa shape index (κ3) is 3.18. The lowest BCUT2D eigenvalue weighted by Crippen LogP contribution is -2.35. The zero-order valence-corrected chi connectivity index (χ0v) is 14.4. The minimum absolute atomic E-state index is 0.0358. The maximum absolute atomic E-state index is 12.5. The summed E-state index contributed by atoms with van der Waals surface area (Å²) in [5.74, 6) is -0.0674. The maximum Gasteiger partial charge on any atom is 0.329 e. The highest BCUT2D eigenvalue weighted by Crippen LogP contribution is 2.25. The highest BCUT2D eigenvalue weighted by molar-refractivity contribution is 8.00. The van der Waals surface area contributed by atoms with E-state index < -0.39 is 17.0 Å². The molecule has 0 bridgehead atoms. The molecule has 1 aromatic carbocycles. The molecule has 3 rings (SSSR count). The molecule has 0 aliphatic heterocycles. The number of nitrogen functional groups attached to an aromatic ring is 1. The molecule has 0 saturated heterocycles. The van der Waals surface area contributed by atoms with Gasteiger partial charge >= 0.3 is 5.69 Å². The fourth-order valence-electron chi connectivity index (χ4n) is 2.38. The number of H-pyrrole nitrogens is 1. The first kappa shape index (κ1) is 16.9. The van der Waals surface area contributed by atoms with Gasteiger partial charge in [-0.25, -0.2) is 14.8 Å². The van der Waals surface area contributed by atoms with Gasteiger partial charge in [0.15, 0.2) is 5.78 Å². The molecule has 0 fully saturated rings. The van der Waals surface area contributed by atoms with Crippen molar-refractivity contribution in [1.82, 2.24) is 19.5 Å². The van der Waals surface area contributed by atoms with Crippen LogP contribution in [0.2, 0.25) is 0 Å². The fraction of sp³-hybridized carbons (Fsp3) is 0.188. The summed E-state index contributed by atoms with van der Waals surface area (Å²) in [6.45, 7) is 1.77. The molecule has 0 spiro atoms. The van der Waals surface area contributed by atoms with Crippen LogP contribution in [0.15, 0.2) is 38.9 Å². The molecular weight excluding hydrogens is 342 g/mol. The van der Waals surface area contributed by atoms with E-state index in [0.29, 0.717) is 10.9 Å². The predicted octanol–water partition coefficient (Wildman–Crippen LogP) is 0.882. The molecule has 0 atom stereocenters. The number of hydrogen-bond donors (Lipinski definition) is 2. The van der Waals surface area contributed by atoms with Crippen molar-refractivity contribution < 1.29 is 4.79 Å². The smallest absolute Gasteiger partial charge is 0.329 e. The van der Waals surface area contributed by atoms with Gasteiger partial charge in [0, 0.05) is 12.4 Å². The van der Waals surface area contributed by atoms with Crippen molar-refractivity contribution in [1.29, 1.82) is 0 Å². The van der Waals surface area contributed by atoms with Gasteiger partial charge in [-0.15, -0.1) is 0 Å². The van der Waals surface area contributed by atoms with Gasteiger partial charge in [-0.1, -0.05) is 30.0 Å². The summed E-state index contributed by atoms with van der Waals surface area (Å²) in [6, 6.07) is 7.47. The van der Waals surface area contributed by atoms with Gasteiger partial charge in [-0.3, -0.25) is 19.1 Å². The SMILES string of the molecule is Cc1nc(SCC(=O)c2c(N)n(C)c(=O)[nH]c2=O)c2ccccc2n1. The van der Waals surface area contributed by atoms with Gasteiger partial charge in [-0.05, 0) is 13.0 Å². The number of aromatic amines is 1. The molecule has 0 saturated carbocycles. The lowest BCUT2D eigenvalue weighted by atomic mass is 10.2. The molecule has 2 aromatic heterocycles. The number of thioether (sulfide) groups is 1. The standard InChI is InChI=1S/C16H15N5O3S/c1-8-18-10-6-4-3-5-9(10)15(19-8)25-7-11(22)12-13(17)21(2)16(24)20-14(12)23/h3-6H,7,17H2,1-2H3,(H,20,23,24). The van der Waals surface area contributed by atoms with Crippen LogP contribution >= 0.6 is 11.8 Å². The Balaban J connectivity index is 1.93. The number of benzene rings is 1. The molecule has 2 heterocycles. The van der Waals surface area contributed by atoms with Crippen LogP contribution in [0.3, 0.4) is 0 Å². The van der Waals surface area contributed by atoms with Gasteiger partial charge in [-0.2, -0.15) is 0 Å². The Morgan fingerprint density at radius 2 is 2.00 bits per heavy atom. The van der Waals surface area contributed by atoms with E-state index in [-0.39, 0.29) is 17.1 Å². The van der Waals surface area contributed by atoms with Gasteiger partial charge in [0.1, 0.15) is 22.2 Å². The average molecular weight is 357 g/mol. The first-order valence-electron chi connectivity index (χ1n) is 7.36. The molecule has 0 amide bonds. The molecular formula is C16H15N5O3S. The second kappa shape index (κ2) is 6.52. The van der Waals surface area contributed by atoms with Crippen LogP contribution in [0.4, 0.5) is 5.82 Å². The van der Waals surface area contributed by atoms with Crippen molar-refractivity contribution in [2.24, 2.45) is 7.05 Å². The van der Waals surface area contributed by atoms with Crippen molar-refractivity contribution >= 4 is 34.3 Å². The van der Waals surface area contributed by atoms with Crippen LogP contribution in [0.1, 0.15) is 16.2 Å². The van der Waals surface area contributed by atoms with Crippen LogP contribution in [-0.2, 0) is 7.05 Å². The summed E-state index contributed by atoms with van der Waals surface area (Å²) in [4.78, 5) is 46.7. The largest absolute Gasteiger partial charge is 0.384 e. The Morgan fingerprint density at radius 1 is 1.28 bits per heavy atom. The minimum Gasteiger partial charge on any atom is -0.384 e. The topological polar surface area (TPSA) is 124 Å². The Morgan fingerprint density at radius 3 is 2.76 bits per heavy atom. The van der Waals surface area contributed by atoms with E-state index in [2.05, 4.69) is 15.0 Å². The van der Waals surface area contributed by atoms with Crippen LogP contribution < -0.4 is 17.0 Å². The number of Topliss-reactive ketones (excluding diaryl/α,β-unsaturated/α-hetero) is 1. The molecule has 25 heavy (non-hydrogen) atoms. The summed E-state index contributed by atoms with van der Waals surface area (Å²) >= 11 is 1.20. The number of fused-ring (bicyclic) bond motifs is 1. The van der Waals surface area contributed by atoms with Crippen LogP contribution in [0.5, 0.6) is 0 Å². The molecule has 0 radical (unpaired) electrons. The number of ketones is 1. The van der Waals surface area contributed by atoms with Crippen molar-refractivity contribution in [3.63, 3.8) is 0 Å². The van der Waals surface area contributed by atoms with E-state index in [1.165, 1.54) is 18.8 Å². The van der Waals surface area contributed by atoms with Crippen molar-refractivity contribution in [3.8, 4) is 0 Å². The molecule has 3 N–H and O–H groups in total. The van der Waals surface area contributed by atoms with Gasteiger partial charge in [0.2, 0.25) is 0 Å². The minimum atomic E-state index is -0.782. The van der Waals surface area contributed by atoms with E-state index in [1.54, 1.807) is 6.92 Å². The van der Waals surface area contributed by atoms with Crippen LogP contribution in [0.25, 0.3) is 10.9 Å². The summed E-state index contributed by atoms with van der Waals surface area (Å²) in [7, 11) is 1.39. The van der Waals surface area contributed by atoms with E-state index in [0.717, 1.165) is 15.5 Å². The number of nitrogens with zero attached hydrogens (tertiary/aromatic N) is 3. The molecule has 8 nitrogen and oxygen atoms in total. The normalized spacial score (nSPS) is 11.0. The molecule has 0 aliphatic carbocycles. The number of aromatic nitrogens is 4. The summed E-state index contributed by atoms with van der Waals surface area (Å²) in [5, 5.41) is 1.48. The third-order valence-corrected chi connectivity index (χ3v) is 4.66. The number of aryl methyl sites for hydroxylation is 1. The maximum atomic E-state index is 12.5. The van der Waals surface area contributed by atoms with Crippen molar-refractivity contribution in [2.45, 2.75) is 11.9 Å². The van der Waals surface area contributed by atoms with Crippen molar-refractivity contribution in [2.75, 3.05) is 11.5 Å². The predicted molar refractivity (Wildman–Crippen MR) is 96.0 cm³/mol. The second-order valence-corrected chi connectivity index (χ2v) is 6.35. The molecule has 0 unspecified atom stereocenters. The Bertz CT molecular complexity index is 1100. The molecule has 9 heteroatoms. The number of para-hydroxylation sites is 1. The zero-order valence-electron chi connectivity index (χ0n) is 13.6. The highest BCUT2D eigenvalue weighted by Gasteiger charge is 2.19. The molecule has 128 valence electrons.